The number of amides is 2. The summed E-state index contributed by atoms with van der Waals surface area (Å²) in [6.07, 6.45) is 0. The largest absolute Gasteiger partial charge is 0.379 e. The SMILES string of the molecule is Cc1cccc(NC(=O)CSc2nnc(CNC(=O)c3ccc(S(=O)(=O)N4CCOCC4)cc3)n2-c2ccc(Br)cc2)c1. The highest BCUT2D eigenvalue weighted by molar-refractivity contribution is 9.10. The lowest BCUT2D eigenvalue weighted by molar-refractivity contribution is -0.113. The molecule has 0 radical (unpaired) electrons. The number of rotatable bonds is 10. The second-order valence-corrected chi connectivity index (χ2v) is 13.4. The third-order valence-electron chi connectivity index (χ3n) is 6.55. The van der Waals surface area contributed by atoms with Crippen molar-refractivity contribution in [1.29, 1.82) is 0 Å². The number of hydrogen-bond acceptors (Lipinski definition) is 8. The zero-order valence-electron chi connectivity index (χ0n) is 23.2. The minimum Gasteiger partial charge on any atom is -0.379 e. The molecule has 5 rings (SSSR count). The maximum atomic E-state index is 13.0. The summed E-state index contributed by atoms with van der Waals surface area (Å²) in [6, 6.07) is 20.9. The maximum Gasteiger partial charge on any atom is 0.251 e. The number of carbonyl (C=O) groups is 2. The summed E-state index contributed by atoms with van der Waals surface area (Å²) in [5.74, 6) is -0.0135. The smallest absolute Gasteiger partial charge is 0.251 e. The molecule has 2 N–H and O–H groups in total. The number of sulfonamides is 1. The third kappa shape index (κ3) is 7.70. The summed E-state index contributed by atoms with van der Waals surface area (Å²) in [5.41, 5.74) is 2.82. The number of ether oxygens (including phenoxy) is 1. The van der Waals surface area contributed by atoms with E-state index in [0.29, 0.717) is 42.8 Å². The first-order valence-electron chi connectivity index (χ1n) is 13.4. The van der Waals surface area contributed by atoms with Crippen LogP contribution in [0.5, 0.6) is 0 Å². The summed E-state index contributed by atoms with van der Waals surface area (Å²) in [5, 5.41) is 14.8. The monoisotopic (exact) mass is 684 g/mol. The lowest BCUT2D eigenvalue weighted by Gasteiger charge is -2.26. The van der Waals surface area contributed by atoms with Gasteiger partial charge in [0.1, 0.15) is 0 Å². The fraction of sp³-hybridized carbons (Fsp3) is 0.241. The van der Waals surface area contributed by atoms with E-state index in [1.54, 1.807) is 4.57 Å². The lowest BCUT2D eigenvalue weighted by Crippen LogP contribution is -2.40. The molecular weight excluding hydrogens is 656 g/mol. The molecule has 0 bridgehead atoms. The number of carbonyl (C=O) groups excluding carboxylic acids is 2. The van der Waals surface area contributed by atoms with Gasteiger partial charge in [0, 0.05) is 34.5 Å². The summed E-state index contributed by atoms with van der Waals surface area (Å²) >= 11 is 4.67. The first kappa shape index (κ1) is 30.9. The normalized spacial score (nSPS) is 13.9. The maximum absolute atomic E-state index is 13.0. The number of aromatic nitrogens is 3. The number of halogens is 1. The van der Waals surface area contributed by atoms with Gasteiger partial charge < -0.3 is 15.4 Å². The Balaban J connectivity index is 1.27. The Hall–Kier alpha value is -3.56. The van der Waals surface area contributed by atoms with Gasteiger partial charge in [-0.2, -0.15) is 4.31 Å². The van der Waals surface area contributed by atoms with Gasteiger partial charge in [0.25, 0.3) is 5.91 Å². The van der Waals surface area contributed by atoms with Gasteiger partial charge >= 0.3 is 0 Å². The Bertz CT molecular complexity index is 1710. The zero-order valence-corrected chi connectivity index (χ0v) is 26.4. The molecule has 43 heavy (non-hydrogen) atoms. The Morgan fingerprint density at radius 2 is 1.72 bits per heavy atom. The predicted molar refractivity (Wildman–Crippen MR) is 167 cm³/mol. The average molecular weight is 686 g/mol. The molecule has 0 unspecified atom stereocenters. The van der Waals surface area contributed by atoms with Crippen molar-refractivity contribution in [3.63, 3.8) is 0 Å². The highest BCUT2D eigenvalue weighted by Crippen LogP contribution is 2.24. The van der Waals surface area contributed by atoms with E-state index in [-0.39, 0.29) is 23.1 Å². The molecule has 2 heterocycles. The van der Waals surface area contributed by atoms with Crippen LogP contribution < -0.4 is 10.6 Å². The summed E-state index contributed by atoms with van der Waals surface area (Å²) in [7, 11) is -3.66. The van der Waals surface area contributed by atoms with Crippen molar-refractivity contribution in [2.75, 3.05) is 37.4 Å². The van der Waals surface area contributed by atoms with E-state index in [1.165, 1.54) is 40.3 Å². The van der Waals surface area contributed by atoms with Crippen LogP contribution in [0.3, 0.4) is 0 Å². The molecule has 0 spiro atoms. The summed E-state index contributed by atoms with van der Waals surface area (Å²) < 4.78 is 35.1. The van der Waals surface area contributed by atoms with E-state index in [0.717, 1.165) is 21.4 Å². The van der Waals surface area contributed by atoms with Crippen LogP contribution in [-0.4, -0.2) is 71.4 Å². The van der Waals surface area contributed by atoms with Gasteiger partial charge in [-0.3, -0.25) is 14.2 Å². The van der Waals surface area contributed by atoms with Crippen LogP contribution in [0.4, 0.5) is 5.69 Å². The lowest BCUT2D eigenvalue weighted by atomic mass is 10.2. The predicted octanol–water partition coefficient (Wildman–Crippen LogP) is 4.02. The number of morpholine rings is 1. The minimum absolute atomic E-state index is 0.0474. The van der Waals surface area contributed by atoms with Crippen LogP contribution in [0.15, 0.2) is 87.3 Å². The van der Waals surface area contributed by atoms with Crippen molar-refractivity contribution in [2.45, 2.75) is 23.5 Å². The molecule has 1 aromatic heterocycles. The van der Waals surface area contributed by atoms with Gasteiger partial charge in [0.15, 0.2) is 11.0 Å². The Labute approximate surface area is 262 Å². The number of anilines is 1. The number of thioether (sulfide) groups is 1. The summed E-state index contributed by atoms with van der Waals surface area (Å²) in [6.45, 7) is 3.29. The molecule has 14 heteroatoms. The van der Waals surface area contributed by atoms with Crippen LogP contribution in [0.1, 0.15) is 21.7 Å². The molecule has 0 atom stereocenters. The Kier molecular flexibility index (Phi) is 9.93. The van der Waals surface area contributed by atoms with Gasteiger partial charge in [-0.25, -0.2) is 8.42 Å². The van der Waals surface area contributed by atoms with Crippen molar-refractivity contribution in [3.8, 4) is 5.69 Å². The highest BCUT2D eigenvalue weighted by Gasteiger charge is 2.26. The van der Waals surface area contributed by atoms with Crippen molar-refractivity contribution in [1.82, 2.24) is 24.4 Å². The Morgan fingerprint density at radius 1 is 1.00 bits per heavy atom. The van der Waals surface area contributed by atoms with Crippen molar-refractivity contribution in [2.24, 2.45) is 0 Å². The van der Waals surface area contributed by atoms with E-state index in [9.17, 15) is 18.0 Å². The Morgan fingerprint density at radius 3 is 2.42 bits per heavy atom. The molecule has 2 amide bonds. The van der Waals surface area contributed by atoms with Gasteiger partial charge in [0.05, 0.1) is 30.4 Å². The summed E-state index contributed by atoms with van der Waals surface area (Å²) in [4.78, 5) is 25.7. The fourth-order valence-corrected chi connectivity index (χ4v) is 6.83. The van der Waals surface area contributed by atoms with Crippen LogP contribution in [0.2, 0.25) is 0 Å². The number of nitrogens with one attached hydrogen (secondary N) is 2. The number of benzene rings is 3. The van der Waals surface area contributed by atoms with Crippen LogP contribution in [-0.2, 0) is 26.1 Å². The molecule has 0 saturated carbocycles. The highest BCUT2D eigenvalue weighted by atomic mass is 79.9. The number of hydrogen-bond donors (Lipinski definition) is 2. The topological polar surface area (TPSA) is 136 Å². The molecule has 1 aliphatic rings. The third-order valence-corrected chi connectivity index (χ3v) is 9.92. The van der Waals surface area contributed by atoms with E-state index >= 15 is 0 Å². The van der Waals surface area contributed by atoms with E-state index in [4.69, 9.17) is 4.74 Å². The van der Waals surface area contributed by atoms with E-state index in [1.807, 2.05) is 55.5 Å². The molecule has 224 valence electrons. The molecule has 1 aliphatic heterocycles. The molecular formula is C29H29BrN6O5S2. The van der Waals surface area contributed by atoms with Gasteiger partial charge in [-0.15, -0.1) is 10.2 Å². The van der Waals surface area contributed by atoms with Crippen LogP contribution >= 0.6 is 27.7 Å². The van der Waals surface area contributed by atoms with Gasteiger partial charge in [-0.05, 0) is 73.2 Å². The second kappa shape index (κ2) is 13.8. The van der Waals surface area contributed by atoms with Crippen molar-refractivity contribution >= 4 is 55.2 Å². The average Bonchev–Trinajstić information content (AvgIpc) is 3.42. The van der Waals surface area contributed by atoms with Gasteiger partial charge in [0.2, 0.25) is 15.9 Å². The zero-order chi connectivity index (χ0) is 30.4. The quantitative estimate of drug-likeness (QED) is 0.239. The first-order chi connectivity index (χ1) is 20.7. The molecule has 3 aromatic carbocycles. The molecule has 1 fully saturated rings. The fourth-order valence-electron chi connectivity index (χ4n) is 4.38. The second-order valence-electron chi connectivity index (χ2n) is 9.64. The van der Waals surface area contributed by atoms with E-state index < -0.39 is 15.9 Å². The molecule has 11 nitrogen and oxygen atoms in total. The molecule has 1 saturated heterocycles. The minimum atomic E-state index is -3.66. The van der Waals surface area contributed by atoms with Crippen LogP contribution in [0.25, 0.3) is 5.69 Å². The first-order valence-corrected chi connectivity index (χ1v) is 16.6. The van der Waals surface area contributed by atoms with Crippen molar-refractivity contribution < 1.29 is 22.7 Å². The van der Waals surface area contributed by atoms with Crippen LogP contribution in [0, 0.1) is 6.92 Å². The van der Waals surface area contributed by atoms with E-state index in [2.05, 4.69) is 36.8 Å². The number of nitrogens with zero attached hydrogens (tertiary/aromatic N) is 4. The molecule has 4 aromatic rings. The number of aryl methyl sites for hydroxylation is 1. The standard InChI is InChI=1S/C29H29BrN6O5S2/c1-20-3-2-4-23(17-20)32-27(37)19-42-29-34-33-26(36(29)24-9-7-22(30)8-10-24)18-31-28(38)21-5-11-25(12-6-21)43(39,40)35-13-15-41-16-14-35/h2-12,17H,13-16,18-19H2,1H3,(H,31,38)(H,32,37). The van der Waals surface area contributed by atoms with Gasteiger partial charge in [-0.1, -0.05) is 39.8 Å². The van der Waals surface area contributed by atoms with Crippen molar-refractivity contribution in [3.05, 3.63) is 94.2 Å². The molecule has 0 aliphatic carbocycles.